The van der Waals surface area contributed by atoms with E-state index in [1.807, 2.05) is 6.92 Å². The van der Waals surface area contributed by atoms with Gasteiger partial charge in [0.2, 0.25) is 0 Å². The summed E-state index contributed by atoms with van der Waals surface area (Å²) >= 11 is 0. The lowest BCUT2D eigenvalue weighted by Crippen LogP contribution is -2.15. The fourth-order valence-electron chi connectivity index (χ4n) is 3.24. The largest absolute Gasteiger partial charge is 0.379 e. The zero-order valence-electron chi connectivity index (χ0n) is 24.1. The lowest BCUT2D eigenvalue weighted by molar-refractivity contribution is -0.0248. The highest BCUT2D eigenvalue weighted by Crippen LogP contribution is 2.08. The summed E-state index contributed by atoms with van der Waals surface area (Å²) in [6.07, 6.45) is 10.6. The summed E-state index contributed by atoms with van der Waals surface area (Å²) < 4.78 is 49.0. The second-order valence-corrected chi connectivity index (χ2v) is 8.57. The Hall–Kier alpha value is -0.360. The fraction of sp³-hybridized carbons (Fsp3) is 1.00. The van der Waals surface area contributed by atoms with Gasteiger partial charge in [-0.3, -0.25) is 0 Å². The molecular weight excluding hydrogens is 480 g/mol. The van der Waals surface area contributed by atoms with Gasteiger partial charge in [-0.25, -0.2) is 0 Å². The van der Waals surface area contributed by atoms with Crippen molar-refractivity contribution < 1.29 is 42.6 Å². The van der Waals surface area contributed by atoms with E-state index in [0.717, 1.165) is 19.6 Å². The molecule has 0 aliphatic heterocycles. The number of ether oxygens (including phenoxy) is 9. The maximum absolute atomic E-state index is 5.61. The predicted molar refractivity (Wildman–Crippen MR) is 146 cm³/mol. The Morgan fingerprint density at radius 2 is 0.486 bits per heavy atom. The van der Waals surface area contributed by atoms with E-state index in [-0.39, 0.29) is 0 Å². The Bertz CT molecular complexity index is 355. The first kappa shape index (κ1) is 36.6. The normalized spacial score (nSPS) is 11.5. The predicted octanol–water partition coefficient (Wildman–Crippen LogP) is 4.30. The summed E-state index contributed by atoms with van der Waals surface area (Å²) in [4.78, 5) is 0. The Kier molecular flexibility index (Phi) is 35.3. The molecule has 0 N–H and O–H groups in total. The quantitative estimate of drug-likeness (QED) is 0.111. The van der Waals surface area contributed by atoms with Crippen molar-refractivity contribution in [2.45, 2.75) is 65.2 Å². The zero-order chi connectivity index (χ0) is 26.7. The average Bonchev–Trinajstić information content (AvgIpc) is 2.91. The van der Waals surface area contributed by atoms with Crippen LogP contribution in [0.4, 0.5) is 0 Å². The minimum atomic E-state index is 0.542. The molecule has 0 aromatic rings. The van der Waals surface area contributed by atoms with Crippen LogP contribution in [-0.4, -0.2) is 119 Å². The monoisotopic (exact) mass is 538 g/mol. The van der Waals surface area contributed by atoms with Crippen LogP contribution in [-0.2, 0) is 42.6 Å². The van der Waals surface area contributed by atoms with Gasteiger partial charge in [0.1, 0.15) is 0 Å². The van der Waals surface area contributed by atoms with Crippen molar-refractivity contribution in [3.05, 3.63) is 0 Å². The van der Waals surface area contributed by atoms with Crippen LogP contribution in [0.25, 0.3) is 0 Å². The molecule has 0 rings (SSSR count). The second kappa shape index (κ2) is 35.6. The van der Waals surface area contributed by atoms with Crippen molar-refractivity contribution in [2.24, 2.45) is 0 Å². The van der Waals surface area contributed by atoms with Crippen LogP contribution >= 0.6 is 0 Å². The third-order valence-corrected chi connectivity index (χ3v) is 5.32. The number of hydrogen-bond donors (Lipinski definition) is 0. The van der Waals surface area contributed by atoms with Gasteiger partial charge in [0.15, 0.2) is 0 Å². The van der Waals surface area contributed by atoms with Crippen molar-refractivity contribution in [3.8, 4) is 0 Å². The Morgan fingerprint density at radius 1 is 0.243 bits per heavy atom. The van der Waals surface area contributed by atoms with Crippen LogP contribution in [0.5, 0.6) is 0 Å². The summed E-state index contributed by atoms with van der Waals surface area (Å²) in [6, 6.07) is 0. The van der Waals surface area contributed by atoms with E-state index in [1.165, 1.54) is 44.9 Å². The molecule has 0 bridgehead atoms. The highest BCUT2D eigenvalue weighted by molar-refractivity contribution is 4.46. The van der Waals surface area contributed by atoms with E-state index in [1.54, 1.807) is 0 Å². The zero-order valence-corrected chi connectivity index (χ0v) is 24.1. The Balaban J connectivity index is 3.00. The smallest absolute Gasteiger partial charge is 0.0701 e. The van der Waals surface area contributed by atoms with E-state index in [4.69, 9.17) is 42.6 Å². The SMILES string of the molecule is CCCCCCCCCCOCCOCCOCCOCCOCCOCCOCCOCCOCC. The van der Waals surface area contributed by atoms with Crippen LogP contribution in [0.1, 0.15) is 65.2 Å². The van der Waals surface area contributed by atoms with Gasteiger partial charge in [0.05, 0.1) is 106 Å². The lowest BCUT2D eigenvalue weighted by atomic mass is 10.1. The molecular formula is C28H58O9. The van der Waals surface area contributed by atoms with Crippen molar-refractivity contribution in [2.75, 3.05) is 119 Å². The van der Waals surface area contributed by atoms with E-state index >= 15 is 0 Å². The number of unbranched alkanes of at least 4 members (excludes halogenated alkanes) is 7. The first-order chi connectivity index (χ1) is 18.4. The molecule has 0 spiro atoms. The third kappa shape index (κ3) is 35.6. The minimum Gasteiger partial charge on any atom is -0.379 e. The molecule has 0 fully saturated rings. The molecule has 0 saturated heterocycles. The molecule has 0 unspecified atom stereocenters. The molecule has 0 aromatic heterocycles. The standard InChI is InChI=1S/C28H58O9/c1-3-5-6-7-8-9-10-11-12-30-15-16-32-19-20-34-23-24-36-27-28-37-26-25-35-22-21-33-18-17-31-14-13-29-4-2/h3-28H2,1-2H3. The lowest BCUT2D eigenvalue weighted by Gasteiger charge is -2.09. The van der Waals surface area contributed by atoms with Crippen molar-refractivity contribution >= 4 is 0 Å². The Morgan fingerprint density at radius 3 is 0.784 bits per heavy atom. The molecule has 9 nitrogen and oxygen atoms in total. The molecule has 0 aromatic carbocycles. The molecule has 0 atom stereocenters. The number of hydrogen-bond acceptors (Lipinski definition) is 9. The second-order valence-electron chi connectivity index (χ2n) is 8.57. The maximum atomic E-state index is 5.61. The Labute approximate surface area is 227 Å². The summed E-state index contributed by atoms with van der Waals surface area (Å²) in [5.74, 6) is 0. The van der Waals surface area contributed by atoms with Gasteiger partial charge in [0, 0.05) is 13.2 Å². The fourth-order valence-corrected chi connectivity index (χ4v) is 3.24. The highest BCUT2D eigenvalue weighted by Gasteiger charge is 1.96. The first-order valence-electron chi connectivity index (χ1n) is 14.6. The van der Waals surface area contributed by atoms with Crippen molar-refractivity contribution in [1.82, 2.24) is 0 Å². The highest BCUT2D eigenvalue weighted by atomic mass is 16.6. The molecule has 0 radical (unpaired) electrons. The van der Waals surface area contributed by atoms with Crippen LogP contribution in [0.3, 0.4) is 0 Å². The van der Waals surface area contributed by atoms with Gasteiger partial charge < -0.3 is 42.6 Å². The molecule has 0 aliphatic rings. The molecule has 37 heavy (non-hydrogen) atoms. The van der Waals surface area contributed by atoms with Crippen molar-refractivity contribution in [1.29, 1.82) is 0 Å². The summed E-state index contributed by atoms with van der Waals surface area (Å²) in [6.45, 7) is 15.0. The van der Waals surface area contributed by atoms with Crippen LogP contribution in [0.15, 0.2) is 0 Å². The molecule has 0 heterocycles. The summed E-state index contributed by atoms with van der Waals surface area (Å²) in [7, 11) is 0. The average molecular weight is 539 g/mol. The molecule has 0 saturated carbocycles. The first-order valence-corrected chi connectivity index (χ1v) is 14.6. The van der Waals surface area contributed by atoms with E-state index in [0.29, 0.717) is 106 Å². The van der Waals surface area contributed by atoms with Gasteiger partial charge in [-0.15, -0.1) is 0 Å². The molecule has 224 valence electrons. The molecule has 0 amide bonds. The number of rotatable bonds is 34. The van der Waals surface area contributed by atoms with Gasteiger partial charge in [-0.2, -0.15) is 0 Å². The van der Waals surface area contributed by atoms with Crippen molar-refractivity contribution in [3.63, 3.8) is 0 Å². The van der Waals surface area contributed by atoms with E-state index < -0.39 is 0 Å². The van der Waals surface area contributed by atoms with Crippen LogP contribution in [0.2, 0.25) is 0 Å². The molecule has 9 heteroatoms. The van der Waals surface area contributed by atoms with Crippen LogP contribution in [0, 0.1) is 0 Å². The topological polar surface area (TPSA) is 83.1 Å². The summed E-state index contributed by atoms with van der Waals surface area (Å²) in [5.41, 5.74) is 0. The third-order valence-electron chi connectivity index (χ3n) is 5.32. The van der Waals surface area contributed by atoms with Crippen LogP contribution < -0.4 is 0 Å². The maximum Gasteiger partial charge on any atom is 0.0701 e. The van der Waals surface area contributed by atoms with Gasteiger partial charge in [-0.05, 0) is 13.3 Å². The van der Waals surface area contributed by atoms with E-state index in [2.05, 4.69) is 6.92 Å². The van der Waals surface area contributed by atoms with Gasteiger partial charge >= 0.3 is 0 Å². The van der Waals surface area contributed by atoms with Gasteiger partial charge in [0.25, 0.3) is 0 Å². The van der Waals surface area contributed by atoms with Gasteiger partial charge in [-0.1, -0.05) is 51.9 Å². The minimum absolute atomic E-state index is 0.542. The molecule has 0 aliphatic carbocycles. The summed E-state index contributed by atoms with van der Waals surface area (Å²) in [5, 5.41) is 0. The van der Waals surface area contributed by atoms with E-state index in [9.17, 15) is 0 Å².